The first-order chi connectivity index (χ1) is 5.74. The Kier molecular flexibility index (Phi) is 3.29. The third-order valence-electron chi connectivity index (χ3n) is 2.37. The number of rotatable bonds is 3. The third-order valence-corrected chi connectivity index (χ3v) is 2.37. The van der Waals surface area contributed by atoms with Gasteiger partial charge in [-0.05, 0) is 24.3 Å². The lowest BCUT2D eigenvalue weighted by Gasteiger charge is -2.10. The minimum atomic E-state index is -0.953. The molecule has 68 valence electrons. The predicted molar refractivity (Wildman–Crippen MR) is 44.8 cm³/mol. The minimum absolute atomic E-state index is 0.114. The molecule has 2 N–H and O–H groups in total. The van der Waals surface area contributed by atoms with E-state index in [4.69, 9.17) is 10.2 Å². The van der Waals surface area contributed by atoms with Crippen LogP contribution < -0.4 is 0 Å². The fourth-order valence-electron chi connectivity index (χ4n) is 1.75. The molecule has 0 spiro atoms. The van der Waals surface area contributed by atoms with Crippen LogP contribution in [0.2, 0.25) is 0 Å². The quantitative estimate of drug-likeness (QED) is 0.625. The Bertz CT molecular complexity index is 190. The summed E-state index contributed by atoms with van der Waals surface area (Å²) in [6, 6.07) is 0. The van der Waals surface area contributed by atoms with E-state index >= 15 is 0 Å². The van der Waals surface area contributed by atoms with Gasteiger partial charge in [0.1, 0.15) is 0 Å². The van der Waals surface area contributed by atoms with E-state index in [2.05, 4.69) is 0 Å². The Morgan fingerprint density at radius 1 is 1.42 bits per heavy atom. The Labute approximate surface area is 71.7 Å². The van der Waals surface area contributed by atoms with Crippen LogP contribution >= 0.6 is 0 Å². The highest BCUT2D eigenvalue weighted by Gasteiger charge is 2.19. The maximum atomic E-state index is 10.3. The molecule has 1 rings (SSSR count). The molecule has 0 aromatic rings. The summed E-state index contributed by atoms with van der Waals surface area (Å²) >= 11 is 0. The largest absolute Gasteiger partial charge is 0.478 e. The van der Waals surface area contributed by atoms with E-state index in [-0.39, 0.29) is 6.61 Å². The van der Waals surface area contributed by atoms with Crippen LogP contribution in [0.15, 0.2) is 11.6 Å². The van der Waals surface area contributed by atoms with Crippen molar-refractivity contribution in [3.63, 3.8) is 0 Å². The van der Waals surface area contributed by atoms with Crippen LogP contribution in [0.1, 0.15) is 25.7 Å². The standard InChI is InChI=1S/C9H14O3/c10-6-8(5-9(11)12)7-3-1-2-4-7/h5,7,10H,1-4,6H2,(H,11,12)/b8-5+. The Morgan fingerprint density at radius 3 is 2.42 bits per heavy atom. The number of carbonyl (C=O) groups is 1. The number of aliphatic hydroxyl groups is 1. The zero-order valence-electron chi connectivity index (χ0n) is 6.99. The monoisotopic (exact) mass is 170 g/mol. The van der Waals surface area contributed by atoms with E-state index in [0.717, 1.165) is 31.8 Å². The molecular formula is C9H14O3. The van der Waals surface area contributed by atoms with Gasteiger partial charge < -0.3 is 10.2 Å². The van der Waals surface area contributed by atoms with Gasteiger partial charge in [-0.2, -0.15) is 0 Å². The third kappa shape index (κ3) is 2.34. The van der Waals surface area contributed by atoms with Crippen molar-refractivity contribution >= 4 is 5.97 Å². The van der Waals surface area contributed by atoms with Crippen molar-refractivity contribution in [2.45, 2.75) is 25.7 Å². The molecule has 1 saturated carbocycles. The molecule has 12 heavy (non-hydrogen) atoms. The molecule has 0 radical (unpaired) electrons. The summed E-state index contributed by atoms with van der Waals surface area (Å²) in [4.78, 5) is 10.3. The highest BCUT2D eigenvalue weighted by Crippen LogP contribution is 2.30. The van der Waals surface area contributed by atoms with Crippen molar-refractivity contribution in [2.75, 3.05) is 6.61 Å². The molecule has 3 nitrogen and oxygen atoms in total. The van der Waals surface area contributed by atoms with Crippen LogP contribution in [-0.2, 0) is 4.79 Å². The molecule has 0 atom stereocenters. The Morgan fingerprint density at radius 2 is 2.00 bits per heavy atom. The predicted octanol–water partition coefficient (Wildman–Crippen LogP) is 1.18. The molecule has 0 aliphatic heterocycles. The van der Waals surface area contributed by atoms with Gasteiger partial charge in [-0.1, -0.05) is 12.8 Å². The van der Waals surface area contributed by atoms with E-state index in [9.17, 15) is 4.79 Å². The molecule has 0 bridgehead atoms. The molecule has 0 aromatic heterocycles. The molecule has 0 unspecified atom stereocenters. The second kappa shape index (κ2) is 4.26. The summed E-state index contributed by atoms with van der Waals surface area (Å²) in [5.41, 5.74) is 0.681. The lowest BCUT2D eigenvalue weighted by atomic mass is 9.98. The minimum Gasteiger partial charge on any atom is -0.478 e. The van der Waals surface area contributed by atoms with Crippen molar-refractivity contribution < 1.29 is 15.0 Å². The first kappa shape index (κ1) is 9.26. The van der Waals surface area contributed by atoms with Crippen molar-refractivity contribution in [3.05, 3.63) is 11.6 Å². The number of hydrogen-bond acceptors (Lipinski definition) is 2. The molecule has 0 amide bonds. The molecular weight excluding hydrogens is 156 g/mol. The highest BCUT2D eigenvalue weighted by molar-refractivity contribution is 5.80. The summed E-state index contributed by atoms with van der Waals surface area (Å²) < 4.78 is 0. The fraction of sp³-hybridized carbons (Fsp3) is 0.667. The molecule has 1 fully saturated rings. The number of hydrogen-bond donors (Lipinski definition) is 2. The fourth-order valence-corrected chi connectivity index (χ4v) is 1.75. The van der Waals surface area contributed by atoms with Gasteiger partial charge in [-0.15, -0.1) is 0 Å². The van der Waals surface area contributed by atoms with Crippen LogP contribution in [0.5, 0.6) is 0 Å². The second-order valence-corrected chi connectivity index (χ2v) is 3.20. The van der Waals surface area contributed by atoms with Crippen LogP contribution in [0.3, 0.4) is 0 Å². The number of carboxylic acids is 1. The van der Waals surface area contributed by atoms with Gasteiger partial charge in [0, 0.05) is 6.08 Å². The first-order valence-corrected chi connectivity index (χ1v) is 4.28. The van der Waals surface area contributed by atoms with Gasteiger partial charge in [-0.3, -0.25) is 0 Å². The topological polar surface area (TPSA) is 57.5 Å². The molecule has 1 aliphatic carbocycles. The summed E-state index contributed by atoms with van der Waals surface area (Å²) in [7, 11) is 0. The molecule has 0 heterocycles. The van der Waals surface area contributed by atoms with Crippen molar-refractivity contribution in [1.82, 2.24) is 0 Å². The number of aliphatic carboxylic acids is 1. The average Bonchev–Trinajstić information content (AvgIpc) is 2.51. The van der Waals surface area contributed by atoms with Crippen LogP contribution in [0.4, 0.5) is 0 Å². The smallest absolute Gasteiger partial charge is 0.328 e. The van der Waals surface area contributed by atoms with Gasteiger partial charge in [0.05, 0.1) is 6.61 Å². The summed E-state index contributed by atoms with van der Waals surface area (Å²) in [6.45, 7) is -0.114. The van der Waals surface area contributed by atoms with Gasteiger partial charge in [0.15, 0.2) is 0 Å². The maximum absolute atomic E-state index is 10.3. The van der Waals surface area contributed by atoms with Gasteiger partial charge in [0.25, 0.3) is 0 Å². The van der Waals surface area contributed by atoms with E-state index in [0.29, 0.717) is 11.5 Å². The summed E-state index contributed by atoms with van der Waals surface area (Å²) in [5, 5.41) is 17.4. The molecule has 1 aliphatic rings. The van der Waals surface area contributed by atoms with E-state index < -0.39 is 5.97 Å². The average molecular weight is 170 g/mol. The van der Waals surface area contributed by atoms with Crippen molar-refractivity contribution in [1.29, 1.82) is 0 Å². The molecule has 3 heteroatoms. The van der Waals surface area contributed by atoms with Crippen LogP contribution in [0.25, 0.3) is 0 Å². The zero-order chi connectivity index (χ0) is 8.97. The molecule has 0 saturated heterocycles. The van der Waals surface area contributed by atoms with Gasteiger partial charge in [-0.25, -0.2) is 4.79 Å². The normalized spacial score (nSPS) is 19.9. The maximum Gasteiger partial charge on any atom is 0.328 e. The van der Waals surface area contributed by atoms with Crippen molar-refractivity contribution in [2.24, 2.45) is 5.92 Å². The second-order valence-electron chi connectivity index (χ2n) is 3.20. The Balaban J connectivity index is 2.60. The Hall–Kier alpha value is -0.830. The van der Waals surface area contributed by atoms with Crippen LogP contribution in [0, 0.1) is 5.92 Å². The summed E-state index contributed by atoms with van der Waals surface area (Å²) in [6.07, 6.45) is 5.51. The zero-order valence-corrected chi connectivity index (χ0v) is 6.99. The lowest BCUT2D eigenvalue weighted by molar-refractivity contribution is -0.131. The van der Waals surface area contributed by atoms with Crippen molar-refractivity contribution in [3.8, 4) is 0 Å². The SMILES string of the molecule is O=C(O)/C=C(\CO)C1CCCC1. The molecule has 0 aromatic carbocycles. The van der Waals surface area contributed by atoms with E-state index in [1.165, 1.54) is 0 Å². The van der Waals surface area contributed by atoms with Gasteiger partial charge in [0.2, 0.25) is 0 Å². The lowest BCUT2D eigenvalue weighted by Crippen LogP contribution is -2.06. The number of carboxylic acid groups (broad SMARTS) is 1. The number of aliphatic hydroxyl groups excluding tert-OH is 1. The first-order valence-electron chi connectivity index (χ1n) is 4.28. The van der Waals surface area contributed by atoms with Gasteiger partial charge >= 0.3 is 5.97 Å². The van der Waals surface area contributed by atoms with E-state index in [1.807, 2.05) is 0 Å². The summed E-state index contributed by atoms with van der Waals surface area (Å²) in [5.74, 6) is -0.642. The van der Waals surface area contributed by atoms with E-state index in [1.54, 1.807) is 0 Å². The van der Waals surface area contributed by atoms with Crippen LogP contribution in [-0.4, -0.2) is 22.8 Å². The highest BCUT2D eigenvalue weighted by atomic mass is 16.4.